The molecule has 5 nitrogen and oxygen atoms in total. The van der Waals surface area contributed by atoms with Crippen LogP contribution in [-0.2, 0) is 4.79 Å². The van der Waals surface area contributed by atoms with E-state index in [-0.39, 0.29) is 6.92 Å². The van der Waals surface area contributed by atoms with Gasteiger partial charge in [-0.15, -0.1) is 0 Å². The van der Waals surface area contributed by atoms with Crippen molar-refractivity contribution in [2.24, 2.45) is 0 Å². The molecule has 0 saturated carbocycles. The molecular formula is C15H19F9O5. The SMILES string of the molecule is CC(=O)O.CC(O)(C(F)(F)F)C(F)(F)F.Cc1ccc(O)cc1.OCC(F)(F)F. The number of carboxylic acid groups (broad SMARTS) is 1. The van der Waals surface area contributed by atoms with E-state index >= 15 is 0 Å². The highest BCUT2D eigenvalue weighted by Crippen LogP contribution is 2.42. The van der Waals surface area contributed by atoms with Gasteiger partial charge in [-0.1, -0.05) is 17.7 Å². The second kappa shape index (κ2) is 12.4. The number of aliphatic hydroxyl groups excluding tert-OH is 1. The summed E-state index contributed by atoms with van der Waals surface area (Å²) < 4.78 is 99.8. The van der Waals surface area contributed by atoms with Crippen molar-refractivity contribution in [2.75, 3.05) is 6.61 Å². The Hall–Kier alpha value is -2.22. The van der Waals surface area contributed by atoms with Gasteiger partial charge in [-0.3, -0.25) is 4.79 Å². The van der Waals surface area contributed by atoms with Gasteiger partial charge < -0.3 is 20.4 Å². The number of aliphatic hydroxyl groups is 2. The molecule has 0 atom stereocenters. The van der Waals surface area contributed by atoms with E-state index < -0.39 is 36.7 Å². The Morgan fingerprint density at radius 1 is 0.897 bits per heavy atom. The lowest BCUT2D eigenvalue weighted by molar-refractivity contribution is -0.360. The number of alkyl halides is 9. The first-order chi connectivity index (χ1) is 12.6. The van der Waals surface area contributed by atoms with E-state index in [0.29, 0.717) is 5.75 Å². The van der Waals surface area contributed by atoms with E-state index in [0.717, 1.165) is 6.92 Å². The van der Waals surface area contributed by atoms with Crippen LogP contribution < -0.4 is 0 Å². The van der Waals surface area contributed by atoms with Gasteiger partial charge in [-0.25, -0.2) is 0 Å². The van der Waals surface area contributed by atoms with Gasteiger partial charge in [-0.05, 0) is 26.0 Å². The van der Waals surface area contributed by atoms with Crippen LogP contribution in [0.5, 0.6) is 5.75 Å². The van der Waals surface area contributed by atoms with Crippen molar-refractivity contribution in [2.45, 2.75) is 44.9 Å². The molecule has 29 heavy (non-hydrogen) atoms. The molecule has 4 N–H and O–H groups in total. The summed E-state index contributed by atoms with van der Waals surface area (Å²) in [5.74, 6) is -0.504. The van der Waals surface area contributed by atoms with Crippen molar-refractivity contribution in [1.29, 1.82) is 0 Å². The molecule has 1 rings (SSSR count). The van der Waals surface area contributed by atoms with Crippen LogP contribution in [0.15, 0.2) is 24.3 Å². The third kappa shape index (κ3) is 17.6. The van der Waals surface area contributed by atoms with Gasteiger partial charge in [0.25, 0.3) is 11.6 Å². The molecule has 0 aliphatic heterocycles. The maximum absolute atomic E-state index is 11.4. The molecule has 0 bridgehead atoms. The molecular weight excluding hydrogens is 431 g/mol. The maximum Gasteiger partial charge on any atom is 0.425 e. The van der Waals surface area contributed by atoms with E-state index in [2.05, 4.69) is 0 Å². The predicted octanol–water partition coefficient (Wildman–Crippen LogP) is 4.19. The highest BCUT2D eigenvalue weighted by molar-refractivity contribution is 5.62. The monoisotopic (exact) mass is 450 g/mol. The predicted molar refractivity (Wildman–Crippen MR) is 82.0 cm³/mol. The van der Waals surface area contributed by atoms with Gasteiger partial charge in [-0.2, -0.15) is 39.5 Å². The van der Waals surface area contributed by atoms with Gasteiger partial charge in [0, 0.05) is 6.92 Å². The first-order valence-electron chi connectivity index (χ1n) is 7.07. The summed E-state index contributed by atoms with van der Waals surface area (Å²) in [6, 6.07) is 7.09. The summed E-state index contributed by atoms with van der Waals surface area (Å²) in [4.78, 5) is 9.00. The molecule has 172 valence electrons. The van der Waals surface area contributed by atoms with Crippen LogP contribution in [0.2, 0.25) is 0 Å². The fraction of sp³-hybridized carbons (Fsp3) is 0.533. The molecule has 0 aromatic heterocycles. The van der Waals surface area contributed by atoms with E-state index in [9.17, 15) is 39.5 Å². The molecule has 1 aromatic rings. The first-order valence-corrected chi connectivity index (χ1v) is 7.07. The third-order valence-corrected chi connectivity index (χ3v) is 2.32. The zero-order chi connectivity index (χ0) is 24.3. The topological polar surface area (TPSA) is 98.0 Å². The Bertz CT molecular complexity index is 535. The van der Waals surface area contributed by atoms with Gasteiger partial charge in [0.1, 0.15) is 12.4 Å². The largest absolute Gasteiger partial charge is 0.508 e. The zero-order valence-corrected chi connectivity index (χ0v) is 15.1. The summed E-state index contributed by atoms with van der Waals surface area (Å²) in [7, 11) is 0. The fourth-order valence-corrected chi connectivity index (χ4v) is 0.705. The Morgan fingerprint density at radius 2 is 1.14 bits per heavy atom. The van der Waals surface area contributed by atoms with Crippen molar-refractivity contribution in [3.8, 4) is 5.75 Å². The minimum atomic E-state index is -5.69. The number of hydrogen-bond acceptors (Lipinski definition) is 4. The highest BCUT2D eigenvalue weighted by Gasteiger charge is 2.67. The minimum absolute atomic E-state index is 0.329. The smallest absolute Gasteiger partial charge is 0.425 e. The lowest BCUT2D eigenvalue weighted by atomic mass is 10.1. The van der Waals surface area contributed by atoms with Gasteiger partial charge in [0.2, 0.25) is 0 Å². The van der Waals surface area contributed by atoms with E-state index in [1.54, 1.807) is 12.1 Å². The number of aromatic hydroxyl groups is 1. The standard InChI is InChI=1S/C7H8O.C4H4F6O.C2H3F3O.C2H4O2/c1-6-2-4-7(8)5-3-6;1-2(11,3(5,6)7)4(8,9)10;3-2(4,5)1-6;1-2(3)4/h2-5,8H,1H3;11H,1H3;6H,1H2;1H3,(H,3,4). The molecule has 0 saturated heterocycles. The second-order valence-electron chi connectivity index (χ2n) is 5.20. The number of carbonyl (C=O) groups is 1. The molecule has 0 fully saturated rings. The number of aliphatic carboxylic acids is 1. The van der Waals surface area contributed by atoms with Gasteiger partial charge in [0.15, 0.2) is 0 Å². The molecule has 0 aliphatic carbocycles. The Balaban J connectivity index is -0.000000331. The second-order valence-corrected chi connectivity index (χ2v) is 5.20. The molecule has 0 heterocycles. The van der Waals surface area contributed by atoms with Crippen LogP contribution in [0.4, 0.5) is 39.5 Å². The molecule has 1 aromatic carbocycles. The normalized spacial score (nSPS) is 11.7. The summed E-state index contributed by atoms with van der Waals surface area (Å²) in [5.41, 5.74) is -3.46. The van der Waals surface area contributed by atoms with Crippen molar-refractivity contribution in [3.05, 3.63) is 29.8 Å². The van der Waals surface area contributed by atoms with E-state index in [1.807, 2.05) is 19.1 Å². The van der Waals surface area contributed by atoms with Gasteiger partial charge >= 0.3 is 18.5 Å². The maximum atomic E-state index is 11.4. The number of hydrogen-bond donors (Lipinski definition) is 4. The van der Waals surface area contributed by atoms with Gasteiger partial charge in [0.05, 0.1) is 0 Å². The number of benzene rings is 1. The summed E-state index contributed by atoms with van der Waals surface area (Å²) in [6.45, 7) is 0.999. The Labute approximate surface area is 159 Å². The summed E-state index contributed by atoms with van der Waals surface area (Å²) >= 11 is 0. The van der Waals surface area contributed by atoms with Crippen LogP contribution in [0.25, 0.3) is 0 Å². The van der Waals surface area contributed by atoms with Crippen LogP contribution >= 0.6 is 0 Å². The number of halogens is 9. The van der Waals surface area contributed by atoms with Crippen molar-refractivity contribution >= 4 is 5.97 Å². The number of carboxylic acids is 1. The van der Waals surface area contributed by atoms with Crippen LogP contribution in [0, 0.1) is 6.92 Å². The lowest BCUT2D eigenvalue weighted by Gasteiger charge is -2.28. The number of aryl methyl sites for hydroxylation is 1. The molecule has 0 aliphatic rings. The van der Waals surface area contributed by atoms with Crippen LogP contribution in [-0.4, -0.2) is 57.1 Å². The Morgan fingerprint density at radius 3 is 1.24 bits per heavy atom. The average Bonchev–Trinajstić information content (AvgIpc) is 2.48. The van der Waals surface area contributed by atoms with E-state index in [1.165, 1.54) is 5.56 Å². The molecule has 0 spiro atoms. The van der Waals surface area contributed by atoms with E-state index in [4.69, 9.17) is 25.2 Å². The molecule has 0 amide bonds. The molecule has 14 heteroatoms. The zero-order valence-electron chi connectivity index (χ0n) is 15.1. The van der Waals surface area contributed by atoms with Crippen molar-refractivity contribution in [3.63, 3.8) is 0 Å². The fourth-order valence-electron chi connectivity index (χ4n) is 0.705. The van der Waals surface area contributed by atoms with Crippen LogP contribution in [0.1, 0.15) is 19.4 Å². The third-order valence-electron chi connectivity index (χ3n) is 2.32. The lowest BCUT2D eigenvalue weighted by Crippen LogP contribution is -2.54. The average molecular weight is 450 g/mol. The highest BCUT2D eigenvalue weighted by atomic mass is 19.4. The van der Waals surface area contributed by atoms with Crippen molar-refractivity contribution < 1.29 is 64.7 Å². The number of rotatable bonds is 0. The van der Waals surface area contributed by atoms with Crippen molar-refractivity contribution in [1.82, 2.24) is 0 Å². The minimum Gasteiger partial charge on any atom is -0.508 e. The quantitative estimate of drug-likeness (QED) is 0.445. The molecule has 0 unspecified atom stereocenters. The summed E-state index contributed by atoms with van der Waals surface area (Å²) in [6.07, 6.45) is -15.8. The number of phenolic OH excluding ortho intramolecular Hbond substituents is 1. The summed E-state index contributed by atoms with van der Waals surface area (Å²) in [5, 5.41) is 31.4. The molecule has 0 radical (unpaired) electrons. The first kappa shape index (κ1) is 31.5. The Kier molecular flexibility index (Phi) is 13.4. The van der Waals surface area contributed by atoms with Crippen LogP contribution in [0.3, 0.4) is 0 Å². The number of phenols is 1.